The van der Waals surface area contributed by atoms with Crippen LogP contribution in [0.15, 0.2) is 35.1 Å². The summed E-state index contributed by atoms with van der Waals surface area (Å²) in [6, 6.07) is 6.03. The largest absolute Gasteiger partial charge is 0.469 e. The highest BCUT2D eigenvalue weighted by Gasteiger charge is 2.19. The number of amides is 1. The van der Waals surface area contributed by atoms with Gasteiger partial charge in [0, 0.05) is 18.9 Å². The van der Waals surface area contributed by atoms with E-state index in [2.05, 4.69) is 10.4 Å². The lowest BCUT2D eigenvalue weighted by molar-refractivity contribution is -0.116. The first-order valence-electron chi connectivity index (χ1n) is 7.68. The molecule has 112 valence electrons. The Labute approximate surface area is 124 Å². The molecule has 0 atom stereocenters. The van der Waals surface area contributed by atoms with Crippen LogP contribution in [0.4, 0.5) is 5.82 Å². The molecule has 1 aliphatic rings. The van der Waals surface area contributed by atoms with Crippen molar-refractivity contribution >= 4 is 11.7 Å². The van der Waals surface area contributed by atoms with Gasteiger partial charge in [-0.05, 0) is 25.0 Å². The third kappa shape index (κ3) is 3.54. The fraction of sp³-hybridized carbons (Fsp3) is 0.500. The maximum atomic E-state index is 12.0. The van der Waals surface area contributed by atoms with E-state index in [9.17, 15) is 4.79 Å². The van der Waals surface area contributed by atoms with Gasteiger partial charge in [0.2, 0.25) is 5.91 Å². The summed E-state index contributed by atoms with van der Waals surface area (Å²) in [5.41, 5.74) is 0. The molecular formula is C16H21N3O2. The lowest BCUT2D eigenvalue weighted by Gasteiger charge is -2.23. The highest BCUT2D eigenvalue weighted by molar-refractivity contribution is 5.89. The number of anilines is 1. The maximum absolute atomic E-state index is 12.0. The van der Waals surface area contributed by atoms with E-state index >= 15 is 0 Å². The number of carbonyl (C=O) groups excluding carboxylic acids is 1. The topological polar surface area (TPSA) is 60.1 Å². The molecule has 1 fully saturated rings. The predicted molar refractivity (Wildman–Crippen MR) is 80.0 cm³/mol. The van der Waals surface area contributed by atoms with Crippen LogP contribution in [0.5, 0.6) is 0 Å². The SMILES string of the molecule is O=C(CCc1ccco1)Nc1ccnn1C1CCCCC1. The van der Waals surface area contributed by atoms with Gasteiger partial charge < -0.3 is 9.73 Å². The van der Waals surface area contributed by atoms with Gasteiger partial charge in [-0.2, -0.15) is 5.10 Å². The van der Waals surface area contributed by atoms with E-state index in [0.717, 1.165) is 24.4 Å². The minimum atomic E-state index is 0.00367. The second-order valence-corrected chi connectivity index (χ2v) is 5.58. The Hall–Kier alpha value is -2.04. The van der Waals surface area contributed by atoms with Gasteiger partial charge in [-0.3, -0.25) is 4.79 Å². The number of aromatic nitrogens is 2. The van der Waals surface area contributed by atoms with Gasteiger partial charge in [0.15, 0.2) is 0 Å². The molecule has 1 N–H and O–H groups in total. The van der Waals surface area contributed by atoms with E-state index < -0.39 is 0 Å². The summed E-state index contributed by atoms with van der Waals surface area (Å²) in [6.45, 7) is 0. The minimum absolute atomic E-state index is 0.00367. The zero-order valence-electron chi connectivity index (χ0n) is 12.1. The standard InChI is InChI=1S/C16H21N3O2/c20-16(9-8-14-7-4-12-21-14)18-15-10-11-17-19(15)13-5-2-1-3-6-13/h4,7,10-13H,1-3,5-6,8-9H2,(H,18,20). The Morgan fingerprint density at radius 3 is 2.95 bits per heavy atom. The Balaban J connectivity index is 1.57. The van der Waals surface area contributed by atoms with E-state index in [1.54, 1.807) is 12.5 Å². The summed E-state index contributed by atoms with van der Waals surface area (Å²) in [6.07, 6.45) is 10.5. The average Bonchev–Trinajstić information content (AvgIpc) is 3.17. The molecule has 3 rings (SSSR count). The molecule has 0 aliphatic heterocycles. The van der Waals surface area contributed by atoms with E-state index in [-0.39, 0.29) is 5.91 Å². The summed E-state index contributed by atoms with van der Waals surface area (Å²) >= 11 is 0. The van der Waals surface area contributed by atoms with Crippen LogP contribution in [0, 0.1) is 0 Å². The molecule has 1 amide bonds. The zero-order valence-corrected chi connectivity index (χ0v) is 12.1. The molecular weight excluding hydrogens is 266 g/mol. The van der Waals surface area contributed by atoms with Crippen LogP contribution in [0.3, 0.4) is 0 Å². The fourth-order valence-corrected chi connectivity index (χ4v) is 2.93. The lowest BCUT2D eigenvalue weighted by atomic mass is 9.96. The molecule has 0 saturated heterocycles. The number of nitrogens with zero attached hydrogens (tertiary/aromatic N) is 2. The van der Waals surface area contributed by atoms with Crippen molar-refractivity contribution in [2.24, 2.45) is 0 Å². The van der Waals surface area contributed by atoms with E-state index in [4.69, 9.17) is 4.42 Å². The van der Waals surface area contributed by atoms with Crippen LogP contribution in [0.25, 0.3) is 0 Å². The molecule has 1 aliphatic carbocycles. The summed E-state index contributed by atoms with van der Waals surface area (Å²) in [7, 11) is 0. The fourth-order valence-electron chi connectivity index (χ4n) is 2.93. The molecule has 0 radical (unpaired) electrons. The average molecular weight is 287 g/mol. The predicted octanol–water partition coefficient (Wildman–Crippen LogP) is 3.55. The van der Waals surface area contributed by atoms with Crippen molar-refractivity contribution in [3.63, 3.8) is 0 Å². The van der Waals surface area contributed by atoms with Crippen molar-refractivity contribution < 1.29 is 9.21 Å². The summed E-state index contributed by atoms with van der Waals surface area (Å²) in [5, 5.41) is 7.36. The second kappa shape index (κ2) is 6.61. The van der Waals surface area contributed by atoms with Crippen LogP contribution >= 0.6 is 0 Å². The third-order valence-corrected chi connectivity index (χ3v) is 4.04. The van der Waals surface area contributed by atoms with E-state index in [1.807, 2.05) is 22.9 Å². The number of furan rings is 1. The van der Waals surface area contributed by atoms with Gasteiger partial charge in [-0.25, -0.2) is 4.68 Å². The summed E-state index contributed by atoms with van der Waals surface area (Å²) in [4.78, 5) is 12.0. The van der Waals surface area contributed by atoms with Gasteiger partial charge in [-0.1, -0.05) is 19.3 Å². The van der Waals surface area contributed by atoms with Crippen LogP contribution in [0.2, 0.25) is 0 Å². The van der Waals surface area contributed by atoms with Gasteiger partial charge in [0.05, 0.1) is 18.5 Å². The number of rotatable bonds is 5. The molecule has 0 aromatic carbocycles. The first-order chi connectivity index (χ1) is 10.3. The van der Waals surface area contributed by atoms with Crippen LogP contribution in [-0.4, -0.2) is 15.7 Å². The number of carbonyl (C=O) groups is 1. The van der Waals surface area contributed by atoms with E-state index in [1.165, 1.54) is 19.3 Å². The molecule has 2 aromatic rings. The highest BCUT2D eigenvalue weighted by Crippen LogP contribution is 2.29. The van der Waals surface area contributed by atoms with Crippen molar-refractivity contribution in [3.8, 4) is 0 Å². The Bertz CT molecular complexity index is 568. The normalized spacial score (nSPS) is 16.0. The first kappa shape index (κ1) is 13.9. The number of aryl methyl sites for hydroxylation is 1. The molecule has 0 bridgehead atoms. The Kier molecular flexibility index (Phi) is 4.38. The monoisotopic (exact) mass is 287 g/mol. The van der Waals surface area contributed by atoms with Gasteiger partial charge >= 0.3 is 0 Å². The molecule has 0 unspecified atom stereocenters. The van der Waals surface area contributed by atoms with Crippen LogP contribution < -0.4 is 5.32 Å². The number of nitrogens with one attached hydrogen (secondary N) is 1. The van der Waals surface area contributed by atoms with Gasteiger partial charge in [-0.15, -0.1) is 0 Å². The first-order valence-corrected chi connectivity index (χ1v) is 7.68. The lowest BCUT2D eigenvalue weighted by Crippen LogP contribution is -2.20. The van der Waals surface area contributed by atoms with E-state index in [0.29, 0.717) is 18.9 Å². The molecule has 1 saturated carbocycles. The van der Waals surface area contributed by atoms with Gasteiger partial charge in [0.1, 0.15) is 11.6 Å². The van der Waals surface area contributed by atoms with Crippen LogP contribution in [-0.2, 0) is 11.2 Å². The molecule has 5 heteroatoms. The number of hydrogen-bond donors (Lipinski definition) is 1. The maximum Gasteiger partial charge on any atom is 0.225 e. The Morgan fingerprint density at radius 1 is 1.33 bits per heavy atom. The number of hydrogen-bond acceptors (Lipinski definition) is 3. The quantitative estimate of drug-likeness (QED) is 0.914. The van der Waals surface area contributed by atoms with Crippen LogP contribution in [0.1, 0.15) is 50.3 Å². The summed E-state index contributed by atoms with van der Waals surface area (Å²) in [5.74, 6) is 1.65. The molecule has 5 nitrogen and oxygen atoms in total. The minimum Gasteiger partial charge on any atom is -0.469 e. The summed E-state index contributed by atoms with van der Waals surface area (Å²) < 4.78 is 7.22. The van der Waals surface area contributed by atoms with Crippen molar-refractivity contribution in [2.45, 2.75) is 51.0 Å². The van der Waals surface area contributed by atoms with Crippen molar-refractivity contribution in [1.29, 1.82) is 0 Å². The third-order valence-electron chi connectivity index (χ3n) is 4.04. The Morgan fingerprint density at radius 2 is 2.19 bits per heavy atom. The zero-order chi connectivity index (χ0) is 14.5. The van der Waals surface area contributed by atoms with Crippen molar-refractivity contribution in [3.05, 3.63) is 36.4 Å². The second-order valence-electron chi connectivity index (χ2n) is 5.58. The molecule has 2 heterocycles. The molecule has 21 heavy (non-hydrogen) atoms. The molecule has 0 spiro atoms. The smallest absolute Gasteiger partial charge is 0.225 e. The highest BCUT2D eigenvalue weighted by atomic mass is 16.3. The van der Waals surface area contributed by atoms with Gasteiger partial charge in [0.25, 0.3) is 0 Å². The van der Waals surface area contributed by atoms with Crippen molar-refractivity contribution in [1.82, 2.24) is 9.78 Å². The van der Waals surface area contributed by atoms with Crippen molar-refractivity contribution in [2.75, 3.05) is 5.32 Å². The molecule has 2 aromatic heterocycles.